The summed E-state index contributed by atoms with van der Waals surface area (Å²) in [5.74, 6) is -1.15. The second-order valence-corrected chi connectivity index (χ2v) is 8.80. The Balaban J connectivity index is 1.32. The van der Waals surface area contributed by atoms with E-state index in [1.54, 1.807) is 42.5 Å². The van der Waals surface area contributed by atoms with Crippen LogP contribution < -0.4 is 15.5 Å². The van der Waals surface area contributed by atoms with Crippen LogP contribution in [-0.4, -0.2) is 79.4 Å². The Morgan fingerprint density at radius 2 is 1.74 bits per heavy atom. The van der Waals surface area contributed by atoms with Crippen LogP contribution in [0, 0.1) is 5.82 Å². The molecule has 0 radical (unpaired) electrons. The molecule has 10 heteroatoms. The Morgan fingerprint density at radius 1 is 1.03 bits per heavy atom. The third-order valence-electron chi connectivity index (χ3n) is 6.08. The van der Waals surface area contributed by atoms with Crippen molar-refractivity contribution in [2.75, 3.05) is 56.0 Å². The molecular formula is C24H27ClFN5O3. The Morgan fingerprint density at radius 3 is 2.44 bits per heavy atom. The van der Waals surface area contributed by atoms with Crippen molar-refractivity contribution in [3.63, 3.8) is 0 Å². The first-order valence-corrected chi connectivity index (χ1v) is 11.6. The molecule has 0 aromatic heterocycles. The minimum Gasteiger partial charge on any atom is -0.367 e. The minimum absolute atomic E-state index is 0.138. The summed E-state index contributed by atoms with van der Waals surface area (Å²) < 4.78 is 14.1. The molecule has 2 fully saturated rings. The van der Waals surface area contributed by atoms with Gasteiger partial charge in [-0.05, 0) is 36.4 Å². The molecule has 2 aromatic carbocycles. The van der Waals surface area contributed by atoms with Gasteiger partial charge in [0.15, 0.2) is 0 Å². The zero-order valence-corrected chi connectivity index (χ0v) is 19.4. The van der Waals surface area contributed by atoms with Crippen LogP contribution in [0.3, 0.4) is 0 Å². The summed E-state index contributed by atoms with van der Waals surface area (Å²) >= 11 is 5.87. The molecule has 1 atom stereocenters. The number of para-hydroxylation sites is 1. The molecule has 0 aliphatic carbocycles. The van der Waals surface area contributed by atoms with Gasteiger partial charge in [0, 0.05) is 50.0 Å². The van der Waals surface area contributed by atoms with Crippen LogP contribution in [-0.2, 0) is 14.4 Å². The lowest BCUT2D eigenvalue weighted by molar-refractivity contribution is -0.145. The van der Waals surface area contributed by atoms with Gasteiger partial charge in [-0.25, -0.2) is 4.39 Å². The molecular weight excluding hydrogens is 461 g/mol. The fraction of sp³-hybridized carbons (Fsp3) is 0.375. The highest BCUT2D eigenvalue weighted by atomic mass is 35.5. The zero-order valence-electron chi connectivity index (χ0n) is 18.7. The largest absolute Gasteiger partial charge is 0.367 e. The molecule has 34 heavy (non-hydrogen) atoms. The zero-order chi connectivity index (χ0) is 24.1. The molecule has 2 aliphatic heterocycles. The number of carbonyl (C=O) groups is 3. The Bertz CT molecular complexity index is 1040. The molecule has 0 bridgehead atoms. The van der Waals surface area contributed by atoms with E-state index in [1.807, 2.05) is 9.80 Å². The summed E-state index contributed by atoms with van der Waals surface area (Å²) in [4.78, 5) is 43.6. The van der Waals surface area contributed by atoms with Gasteiger partial charge in [-0.3, -0.25) is 19.3 Å². The van der Waals surface area contributed by atoms with Gasteiger partial charge in [0.25, 0.3) is 0 Å². The second kappa shape index (κ2) is 10.8. The highest BCUT2D eigenvalue weighted by molar-refractivity contribution is 6.30. The molecule has 2 N–H and O–H groups in total. The van der Waals surface area contributed by atoms with Gasteiger partial charge < -0.3 is 20.4 Å². The van der Waals surface area contributed by atoms with Crippen LogP contribution in [0.4, 0.5) is 15.8 Å². The van der Waals surface area contributed by atoms with E-state index in [2.05, 4.69) is 10.6 Å². The van der Waals surface area contributed by atoms with E-state index < -0.39 is 6.04 Å². The van der Waals surface area contributed by atoms with E-state index >= 15 is 0 Å². The van der Waals surface area contributed by atoms with Gasteiger partial charge >= 0.3 is 0 Å². The summed E-state index contributed by atoms with van der Waals surface area (Å²) in [6.07, 6.45) is -0.138. The van der Waals surface area contributed by atoms with Gasteiger partial charge in [0.2, 0.25) is 17.7 Å². The topological polar surface area (TPSA) is 85.0 Å². The summed E-state index contributed by atoms with van der Waals surface area (Å²) in [7, 11) is 0. The number of hydrogen-bond acceptors (Lipinski definition) is 5. The summed E-state index contributed by atoms with van der Waals surface area (Å²) in [5, 5.41) is 6.03. The van der Waals surface area contributed by atoms with Crippen LogP contribution in [0.1, 0.15) is 6.42 Å². The maximum absolute atomic E-state index is 14.1. The minimum atomic E-state index is -0.867. The van der Waals surface area contributed by atoms with Crippen molar-refractivity contribution in [3.05, 3.63) is 59.4 Å². The van der Waals surface area contributed by atoms with Crippen LogP contribution in [0.15, 0.2) is 48.5 Å². The maximum Gasteiger partial charge on any atom is 0.243 e. The molecule has 4 rings (SSSR count). The monoisotopic (exact) mass is 487 g/mol. The normalized spacial score (nSPS) is 19.0. The van der Waals surface area contributed by atoms with E-state index in [-0.39, 0.29) is 36.5 Å². The molecule has 2 aromatic rings. The average molecular weight is 488 g/mol. The van der Waals surface area contributed by atoms with E-state index in [9.17, 15) is 18.8 Å². The summed E-state index contributed by atoms with van der Waals surface area (Å²) in [6.45, 7) is 3.24. The third kappa shape index (κ3) is 5.84. The standard InChI is InChI=1S/C24H27ClFN5O3/c25-17-5-7-18(8-6-17)28-22(32)15-21-24(34)27-9-10-31(21)23(33)16-29-11-13-30(14-12-29)20-4-2-1-3-19(20)26/h1-8,21H,9-16H2,(H,27,34)(H,28,32)/t21-/m1/s1. The van der Waals surface area contributed by atoms with Gasteiger partial charge in [-0.15, -0.1) is 0 Å². The molecule has 2 heterocycles. The highest BCUT2D eigenvalue weighted by Crippen LogP contribution is 2.20. The number of halogens is 2. The number of benzene rings is 2. The SMILES string of the molecule is O=C(C[C@@H]1C(=O)NCCN1C(=O)CN1CCN(c2ccccc2F)CC1)Nc1ccc(Cl)cc1. The molecule has 0 saturated carbocycles. The summed E-state index contributed by atoms with van der Waals surface area (Å²) in [6, 6.07) is 12.5. The van der Waals surface area contributed by atoms with Crippen molar-refractivity contribution in [2.24, 2.45) is 0 Å². The quantitative estimate of drug-likeness (QED) is 0.650. The van der Waals surface area contributed by atoms with Gasteiger partial charge in [-0.1, -0.05) is 23.7 Å². The van der Waals surface area contributed by atoms with Crippen LogP contribution in [0.25, 0.3) is 0 Å². The number of anilines is 2. The summed E-state index contributed by atoms with van der Waals surface area (Å²) in [5.41, 5.74) is 1.13. The number of piperazine rings is 2. The first-order valence-electron chi connectivity index (χ1n) is 11.2. The van der Waals surface area contributed by atoms with Crippen molar-refractivity contribution < 1.29 is 18.8 Å². The lowest BCUT2D eigenvalue weighted by Crippen LogP contribution is -2.60. The van der Waals surface area contributed by atoms with E-state index in [1.165, 1.54) is 11.0 Å². The van der Waals surface area contributed by atoms with Crippen molar-refractivity contribution in [1.82, 2.24) is 15.1 Å². The van der Waals surface area contributed by atoms with E-state index in [0.717, 1.165) is 0 Å². The van der Waals surface area contributed by atoms with Crippen molar-refractivity contribution >= 4 is 40.7 Å². The Kier molecular flexibility index (Phi) is 7.64. The molecule has 2 aliphatic rings. The highest BCUT2D eigenvalue weighted by Gasteiger charge is 2.35. The number of nitrogens with zero attached hydrogens (tertiary/aromatic N) is 3. The van der Waals surface area contributed by atoms with Crippen molar-refractivity contribution in [1.29, 1.82) is 0 Å². The van der Waals surface area contributed by atoms with Gasteiger partial charge in [0.1, 0.15) is 11.9 Å². The third-order valence-corrected chi connectivity index (χ3v) is 6.33. The smallest absolute Gasteiger partial charge is 0.243 e. The maximum atomic E-state index is 14.1. The molecule has 180 valence electrons. The Labute approximate surface area is 202 Å². The first-order chi connectivity index (χ1) is 16.4. The van der Waals surface area contributed by atoms with Crippen LogP contribution in [0.5, 0.6) is 0 Å². The first kappa shape index (κ1) is 24.0. The van der Waals surface area contributed by atoms with Crippen molar-refractivity contribution in [3.8, 4) is 0 Å². The van der Waals surface area contributed by atoms with E-state index in [0.29, 0.717) is 55.7 Å². The van der Waals surface area contributed by atoms with Crippen LogP contribution in [0.2, 0.25) is 5.02 Å². The number of amides is 3. The predicted molar refractivity (Wildman–Crippen MR) is 128 cm³/mol. The number of carbonyl (C=O) groups excluding carboxylic acids is 3. The molecule has 0 unspecified atom stereocenters. The molecule has 3 amide bonds. The lowest BCUT2D eigenvalue weighted by atomic mass is 10.1. The molecule has 0 spiro atoms. The Hall–Kier alpha value is -3.17. The molecule has 2 saturated heterocycles. The van der Waals surface area contributed by atoms with E-state index in [4.69, 9.17) is 11.6 Å². The molecule has 8 nitrogen and oxygen atoms in total. The lowest BCUT2D eigenvalue weighted by Gasteiger charge is -2.39. The average Bonchev–Trinajstić information content (AvgIpc) is 2.83. The van der Waals surface area contributed by atoms with Gasteiger partial charge in [-0.2, -0.15) is 0 Å². The van der Waals surface area contributed by atoms with Crippen molar-refractivity contribution in [2.45, 2.75) is 12.5 Å². The predicted octanol–water partition coefficient (Wildman–Crippen LogP) is 1.96. The second-order valence-electron chi connectivity index (χ2n) is 8.37. The number of rotatable bonds is 6. The fourth-order valence-electron chi connectivity index (χ4n) is 4.27. The fourth-order valence-corrected chi connectivity index (χ4v) is 4.40. The number of nitrogens with one attached hydrogen (secondary N) is 2. The van der Waals surface area contributed by atoms with Crippen LogP contribution >= 0.6 is 11.6 Å². The van der Waals surface area contributed by atoms with Gasteiger partial charge in [0.05, 0.1) is 18.7 Å². The number of hydrogen-bond donors (Lipinski definition) is 2.